The van der Waals surface area contributed by atoms with Crippen molar-refractivity contribution in [2.75, 3.05) is 13.1 Å². The molecule has 4 atom stereocenters. The van der Waals surface area contributed by atoms with E-state index in [1.807, 2.05) is 0 Å². The van der Waals surface area contributed by atoms with Crippen LogP contribution in [0.25, 0.3) is 0 Å². The Morgan fingerprint density at radius 2 is 1.79 bits per heavy atom. The smallest absolute Gasteiger partial charge is 0.326 e. The van der Waals surface area contributed by atoms with Crippen molar-refractivity contribution in [3.63, 3.8) is 0 Å². The van der Waals surface area contributed by atoms with Crippen molar-refractivity contribution in [3.05, 3.63) is 29.8 Å². The van der Waals surface area contributed by atoms with Gasteiger partial charge in [0.2, 0.25) is 17.7 Å². The first-order chi connectivity index (χ1) is 17.9. The molecule has 1 aliphatic rings. The van der Waals surface area contributed by atoms with Crippen molar-refractivity contribution in [1.29, 1.82) is 0 Å². The molecule has 13 nitrogen and oxygen atoms in total. The number of aliphatic carboxylic acids is 1. The molecule has 3 amide bonds. The quantitative estimate of drug-likeness (QED) is 0.0937. The third kappa shape index (κ3) is 8.91. The number of amides is 3. The number of aliphatic imine (C=N–C) groups is 1. The average molecular weight is 534 g/mol. The van der Waals surface area contributed by atoms with Crippen LogP contribution in [0.3, 0.4) is 0 Å². The van der Waals surface area contributed by atoms with E-state index in [4.69, 9.17) is 17.2 Å². The largest absolute Gasteiger partial charge is 0.508 e. The summed E-state index contributed by atoms with van der Waals surface area (Å²) in [5.41, 5.74) is 17.6. The first kappa shape index (κ1) is 30.4. The van der Waals surface area contributed by atoms with Crippen molar-refractivity contribution in [1.82, 2.24) is 15.5 Å². The van der Waals surface area contributed by atoms with Gasteiger partial charge < -0.3 is 42.9 Å². The summed E-state index contributed by atoms with van der Waals surface area (Å²) < 4.78 is 0. The third-order valence-electron chi connectivity index (χ3n) is 6.36. The maximum atomic E-state index is 13.3. The summed E-state index contributed by atoms with van der Waals surface area (Å²) in [5, 5.41) is 24.1. The average Bonchev–Trinajstić information content (AvgIpc) is 3.34. The molecule has 1 saturated heterocycles. The minimum Gasteiger partial charge on any atom is -0.508 e. The second-order valence-electron chi connectivity index (χ2n) is 9.75. The number of nitrogens with zero attached hydrogens (tertiary/aromatic N) is 2. The standard InChI is InChI=1S/C25H39N7O6/c1-14(2)20(24(37)38)31-21(34)18(5-3-11-29-25(27)28)30-22(35)19-6-4-12-32(19)23(36)17(26)13-15-7-9-16(33)10-8-15/h7-10,14,17-20,33H,3-6,11-13,26H2,1-2H3,(H,30,35)(H,31,34)(H,37,38)(H4,27,28,29). The van der Waals surface area contributed by atoms with E-state index in [9.17, 15) is 29.4 Å². The lowest BCUT2D eigenvalue weighted by molar-refractivity contribution is -0.144. The van der Waals surface area contributed by atoms with Gasteiger partial charge in [0.05, 0.1) is 6.04 Å². The Balaban J connectivity index is 2.11. The molecule has 1 aliphatic heterocycles. The van der Waals surface area contributed by atoms with Gasteiger partial charge >= 0.3 is 5.97 Å². The maximum absolute atomic E-state index is 13.3. The molecule has 0 aliphatic carbocycles. The van der Waals surface area contributed by atoms with Crippen molar-refractivity contribution >= 4 is 29.7 Å². The highest BCUT2D eigenvalue weighted by Crippen LogP contribution is 2.20. The van der Waals surface area contributed by atoms with Crippen LogP contribution < -0.4 is 27.8 Å². The van der Waals surface area contributed by atoms with Gasteiger partial charge in [-0.3, -0.25) is 19.4 Å². The van der Waals surface area contributed by atoms with Crippen molar-refractivity contribution in [2.45, 2.75) is 70.1 Å². The van der Waals surface area contributed by atoms with E-state index in [2.05, 4.69) is 15.6 Å². The molecule has 10 N–H and O–H groups in total. The monoisotopic (exact) mass is 533 g/mol. The molecule has 38 heavy (non-hydrogen) atoms. The summed E-state index contributed by atoms with van der Waals surface area (Å²) >= 11 is 0. The Morgan fingerprint density at radius 3 is 2.37 bits per heavy atom. The number of phenols is 1. The first-order valence-corrected chi connectivity index (χ1v) is 12.6. The second kappa shape index (κ2) is 14.2. The molecule has 0 bridgehead atoms. The summed E-state index contributed by atoms with van der Waals surface area (Å²) in [6.07, 6.45) is 1.72. The number of benzene rings is 1. The van der Waals surface area contributed by atoms with Gasteiger partial charge in [-0.25, -0.2) is 4.79 Å². The molecule has 4 unspecified atom stereocenters. The molecular weight excluding hydrogens is 494 g/mol. The number of carbonyl (C=O) groups excluding carboxylic acids is 3. The van der Waals surface area contributed by atoms with Gasteiger partial charge in [0, 0.05) is 13.1 Å². The number of carbonyl (C=O) groups is 4. The van der Waals surface area contributed by atoms with Crippen LogP contribution in [0, 0.1) is 5.92 Å². The molecule has 0 aromatic heterocycles. The highest BCUT2D eigenvalue weighted by Gasteiger charge is 2.38. The number of likely N-dealkylation sites (tertiary alicyclic amines) is 1. The van der Waals surface area contributed by atoms with Crippen LogP contribution in [0.1, 0.15) is 45.1 Å². The lowest BCUT2D eigenvalue weighted by Crippen LogP contribution is -2.57. The third-order valence-corrected chi connectivity index (χ3v) is 6.36. The summed E-state index contributed by atoms with van der Waals surface area (Å²) in [5.74, 6) is -3.14. The number of hydrogen-bond acceptors (Lipinski definition) is 7. The fraction of sp³-hybridized carbons (Fsp3) is 0.560. The zero-order chi connectivity index (χ0) is 28.4. The number of nitrogens with one attached hydrogen (secondary N) is 2. The van der Waals surface area contributed by atoms with Gasteiger partial charge in [0.1, 0.15) is 23.9 Å². The van der Waals surface area contributed by atoms with Crippen LogP contribution in [0.4, 0.5) is 0 Å². The molecule has 0 radical (unpaired) electrons. The van der Waals surface area contributed by atoms with E-state index >= 15 is 0 Å². The normalized spacial score (nSPS) is 17.4. The van der Waals surface area contributed by atoms with Crippen molar-refractivity contribution < 1.29 is 29.4 Å². The molecule has 2 rings (SSSR count). The topological polar surface area (TPSA) is 226 Å². The van der Waals surface area contributed by atoms with Gasteiger partial charge in [-0.2, -0.15) is 0 Å². The number of hydrogen-bond donors (Lipinski definition) is 7. The van der Waals surface area contributed by atoms with Crippen LogP contribution in [0.5, 0.6) is 5.75 Å². The van der Waals surface area contributed by atoms with E-state index in [0.29, 0.717) is 25.8 Å². The van der Waals surface area contributed by atoms with Crippen LogP contribution in [-0.2, 0) is 25.6 Å². The number of carboxylic acids is 1. The Morgan fingerprint density at radius 1 is 1.13 bits per heavy atom. The SMILES string of the molecule is CC(C)C(NC(=O)C(CCCN=C(N)N)NC(=O)C1CCCN1C(=O)C(N)Cc1ccc(O)cc1)C(=O)O. The fourth-order valence-electron chi connectivity index (χ4n) is 4.30. The van der Waals surface area contributed by atoms with Gasteiger partial charge in [-0.05, 0) is 55.7 Å². The zero-order valence-electron chi connectivity index (χ0n) is 21.8. The lowest BCUT2D eigenvalue weighted by atomic mass is 10.0. The fourth-order valence-corrected chi connectivity index (χ4v) is 4.30. The first-order valence-electron chi connectivity index (χ1n) is 12.6. The van der Waals surface area contributed by atoms with Crippen LogP contribution in [0.2, 0.25) is 0 Å². The molecule has 210 valence electrons. The summed E-state index contributed by atoms with van der Waals surface area (Å²) in [6, 6.07) is 2.45. The minimum atomic E-state index is -1.19. The van der Waals surface area contributed by atoms with E-state index in [-0.39, 0.29) is 37.0 Å². The Bertz CT molecular complexity index is 1010. The number of nitrogens with two attached hydrogens (primary N) is 3. The van der Waals surface area contributed by atoms with Crippen LogP contribution in [-0.4, -0.2) is 82.0 Å². The minimum absolute atomic E-state index is 0.102. The molecule has 1 fully saturated rings. The molecular formula is C25H39N7O6. The molecule has 0 saturated carbocycles. The summed E-state index contributed by atoms with van der Waals surface area (Å²) in [7, 11) is 0. The molecule has 1 aromatic carbocycles. The van der Waals surface area contributed by atoms with Gasteiger partial charge in [0.25, 0.3) is 0 Å². The lowest BCUT2D eigenvalue weighted by Gasteiger charge is -2.29. The van der Waals surface area contributed by atoms with E-state index in [1.54, 1.807) is 26.0 Å². The number of carboxylic acid groups (broad SMARTS) is 1. The Kier molecular flexibility index (Phi) is 11.3. The number of rotatable bonds is 13. The van der Waals surface area contributed by atoms with Gasteiger partial charge in [-0.1, -0.05) is 26.0 Å². The van der Waals surface area contributed by atoms with Gasteiger partial charge in [-0.15, -0.1) is 0 Å². The summed E-state index contributed by atoms with van der Waals surface area (Å²) in [4.78, 5) is 56.2. The van der Waals surface area contributed by atoms with Crippen LogP contribution in [0.15, 0.2) is 29.3 Å². The van der Waals surface area contributed by atoms with Crippen molar-refractivity contribution in [2.24, 2.45) is 28.1 Å². The Hall–Kier alpha value is -3.87. The molecule has 1 aromatic rings. The predicted molar refractivity (Wildman–Crippen MR) is 141 cm³/mol. The summed E-state index contributed by atoms with van der Waals surface area (Å²) in [6.45, 7) is 3.88. The van der Waals surface area contributed by atoms with Gasteiger partial charge in [0.15, 0.2) is 5.96 Å². The highest BCUT2D eigenvalue weighted by molar-refractivity contribution is 5.94. The van der Waals surface area contributed by atoms with E-state index in [0.717, 1.165) is 5.56 Å². The van der Waals surface area contributed by atoms with Crippen molar-refractivity contribution in [3.8, 4) is 5.75 Å². The highest BCUT2D eigenvalue weighted by atomic mass is 16.4. The Labute approximate surface area is 221 Å². The number of phenolic OH excluding ortho intramolecular Hbond substituents is 1. The second-order valence-corrected chi connectivity index (χ2v) is 9.75. The predicted octanol–water partition coefficient (Wildman–Crippen LogP) is -0.983. The molecule has 0 spiro atoms. The van der Waals surface area contributed by atoms with E-state index in [1.165, 1.54) is 17.0 Å². The molecule has 13 heteroatoms. The maximum Gasteiger partial charge on any atom is 0.326 e. The molecule has 1 heterocycles. The number of guanidine groups is 1. The van der Waals surface area contributed by atoms with E-state index < -0.39 is 47.9 Å². The number of aromatic hydroxyl groups is 1. The van der Waals surface area contributed by atoms with Crippen LogP contribution >= 0.6 is 0 Å². The zero-order valence-corrected chi connectivity index (χ0v) is 21.8.